The molecule has 0 unspecified atom stereocenters. The molecule has 0 spiro atoms. The number of nitrogens with one attached hydrogen (secondary N) is 1. The number of carbonyl (C=O) groups is 1. The molecule has 0 bridgehead atoms. The van der Waals surface area contributed by atoms with Gasteiger partial charge in [0, 0.05) is 31.5 Å². The van der Waals surface area contributed by atoms with Crippen molar-refractivity contribution in [2.75, 3.05) is 19.4 Å². The van der Waals surface area contributed by atoms with Crippen LogP contribution in [0, 0.1) is 0 Å². The van der Waals surface area contributed by atoms with Gasteiger partial charge in [-0.05, 0) is 31.8 Å². The fourth-order valence-electron chi connectivity index (χ4n) is 2.58. The number of amides is 1. The lowest BCUT2D eigenvalue weighted by atomic mass is 10.1. The Morgan fingerprint density at radius 2 is 1.92 bits per heavy atom. The van der Waals surface area contributed by atoms with E-state index in [0.29, 0.717) is 22.6 Å². The first-order chi connectivity index (χ1) is 12.0. The Kier molecular flexibility index (Phi) is 4.85. The number of nitrogens with zero attached hydrogens (tertiary/aromatic N) is 5. The minimum atomic E-state index is -0.186. The van der Waals surface area contributed by atoms with E-state index >= 15 is 0 Å². The van der Waals surface area contributed by atoms with E-state index in [1.54, 1.807) is 36.5 Å². The van der Waals surface area contributed by atoms with E-state index < -0.39 is 0 Å². The van der Waals surface area contributed by atoms with Gasteiger partial charge in [0.25, 0.3) is 5.91 Å². The van der Waals surface area contributed by atoms with Crippen LogP contribution in [0.4, 0.5) is 5.69 Å². The van der Waals surface area contributed by atoms with E-state index in [2.05, 4.69) is 25.3 Å². The van der Waals surface area contributed by atoms with Gasteiger partial charge in [0.1, 0.15) is 11.4 Å². The Hall–Kier alpha value is -3.06. The Bertz CT molecular complexity index is 855. The van der Waals surface area contributed by atoms with Gasteiger partial charge in [-0.2, -0.15) is 5.10 Å². The molecule has 0 saturated heterocycles. The zero-order valence-electron chi connectivity index (χ0n) is 14.5. The Labute approximate surface area is 146 Å². The van der Waals surface area contributed by atoms with Crippen LogP contribution in [0.15, 0.2) is 49.1 Å². The van der Waals surface area contributed by atoms with Crippen molar-refractivity contribution in [1.29, 1.82) is 0 Å². The molecule has 0 saturated carbocycles. The first-order valence-corrected chi connectivity index (χ1v) is 7.88. The number of benzene rings is 1. The maximum atomic E-state index is 12.5. The molecule has 7 heteroatoms. The van der Waals surface area contributed by atoms with Crippen molar-refractivity contribution in [3.8, 4) is 11.4 Å². The number of hydrogen-bond donors (Lipinski definition) is 1. The third-order valence-electron chi connectivity index (χ3n) is 3.71. The maximum absolute atomic E-state index is 12.5. The van der Waals surface area contributed by atoms with E-state index in [-0.39, 0.29) is 5.91 Å². The summed E-state index contributed by atoms with van der Waals surface area (Å²) in [5, 5.41) is 7.12. The summed E-state index contributed by atoms with van der Waals surface area (Å²) in [6, 6.07) is 7.57. The smallest absolute Gasteiger partial charge is 0.255 e. The molecule has 0 aliphatic carbocycles. The second-order valence-corrected chi connectivity index (χ2v) is 6.01. The van der Waals surface area contributed by atoms with E-state index in [1.165, 1.54) is 0 Å². The molecule has 1 N–H and O–H groups in total. The summed E-state index contributed by atoms with van der Waals surface area (Å²) in [6.45, 7) is 0.835. The van der Waals surface area contributed by atoms with Gasteiger partial charge in [0.05, 0.1) is 18.1 Å². The highest BCUT2D eigenvalue weighted by Gasteiger charge is 2.15. The van der Waals surface area contributed by atoms with Crippen LogP contribution in [0.3, 0.4) is 0 Å². The number of aryl methyl sites for hydroxylation is 1. The standard InChI is InChI=1S/C18H20N6O/c1-23(2)12-13-4-6-14(7-5-13)18(25)22-16-11-21-24(3)17(16)15-10-19-8-9-20-15/h4-11H,12H2,1-3H3,(H,22,25). The SMILES string of the molecule is CN(C)Cc1ccc(C(=O)Nc2cnn(C)c2-c2cnccn2)cc1. The molecule has 25 heavy (non-hydrogen) atoms. The van der Waals surface area contributed by atoms with Crippen LogP contribution in [0.2, 0.25) is 0 Å². The van der Waals surface area contributed by atoms with Gasteiger partial charge in [0.15, 0.2) is 0 Å². The average Bonchev–Trinajstić information content (AvgIpc) is 2.96. The topological polar surface area (TPSA) is 75.9 Å². The molecule has 0 atom stereocenters. The quantitative estimate of drug-likeness (QED) is 0.773. The van der Waals surface area contributed by atoms with Crippen molar-refractivity contribution in [2.45, 2.75) is 6.54 Å². The lowest BCUT2D eigenvalue weighted by molar-refractivity contribution is 0.102. The Balaban J connectivity index is 1.80. The average molecular weight is 336 g/mol. The normalized spacial score (nSPS) is 10.9. The molecule has 3 rings (SSSR count). The third-order valence-corrected chi connectivity index (χ3v) is 3.71. The van der Waals surface area contributed by atoms with Crippen LogP contribution in [0.25, 0.3) is 11.4 Å². The Morgan fingerprint density at radius 3 is 2.56 bits per heavy atom. The lowest BCUT2D eigenvalue weighted by Crippen LogP contribution is -2.14. The molecule has 1 aromatic carbocycles. The van der Waals surface area contributed by atoms with Crippen LogP contribution >= 0.6 is 0 Å². The molecule has 7 nitrogen and oxygen atoms in total. The molecule has 128 valence electrons. The van der Waals surface area contributed by atoms with Gasteiger partial charge >= 0.3 is 0 Å². The first kappa shape index (κ1) is 16.8. The summed E-state index contributed by atoms with van der Waals surface area (Å²) in [4.78, 5) is 23.0. The van der Waals surface area contributed by atoms with Crippen molar-refractivity contribution in [3.63, 3.8) is 0 Å². The maximum Gasteiger partial charge on any atom is 0.255 e. The summed E-state index contributed by atoms with van der Waals surface area (Å²) >= 11 is 0. The summed E-state index contributed by atoms with van der Waals surface area (Å²) < 4.78 is 1.67. The minimum absolute atomic E-state index is 0.186. The summed E-state index contributed by atoms with van der Waals surface area (Å²) in [5.41, 5.74) is 3.72. The van der Waals surface area contributed by atoms with Crippen molar-refractivity contribution < 1.29 is 4.79 Å². The molecule has 3 aromatic rings. The summed E-state index contributed by atoms with van der Waals surface area (Å²) in [6.07, 6.45) is 6.47. The van der Waals surface area contributed by atoms with Gasteiger partial charge in [-0.25, -0.2) is 0 Å². The number of hydrogen-bond acceptors (Lipinski definition) is 5. The number of aromatic nitrogens is 4. The molecule has 0 radical (unpaired) electrons. The fourth-order valence-corrected chi connectivity index (χ4v) is 2.58. The number of rotatable bonds is 5. The third kappa shape index (κ3) is 3.89. The first-order valence-electron chi connectivity index (χ1n) is 7.88. The molecule has 2 aromatic heterocycles. The predicted octanol–water partition coefficient (Wildman–Crippen LogP) is 2.19. The second-order valence-electron chi connectivity index (χ2n) is 6.01. The monoisotopic (exact) mass is 336 g/mol. The molecule has 2 heterocycles. The number of anilines is 1. The van der Waals surface area contributed by atoms with Gasteiger partial charge in [-0.15, -0.1) is 0 Å². The van der Waals surface area contributed by atoms with Crippen molar-refractivity contribution in [1.82, 2.24) is 24.6 Å². The van der Waals surface area contributed by atoms with Crippen LogP contribution in [-0.4, -0.2) is 44.7 Å². The van der Waals surface area contributed by atoms with Crippen molar-refractivity contribution >= 4 is 11.6 Å². The molecule has 1 amide bonds. The highest BCUT2D eigenvalue weighted by molar-refractivity contribution is 6.05. The highest BCUT2D eigenvalue weighted by Crippen LogP contribution is 2.25. The summed E-state index contributed by atoms with van der Waals surface area (Å²) in [7, 11) is 5.82. The van der Waals surface area contributed by atoms with E-state index in [9.17, 15) is 4.79 Å². The molecule has 0 aliphatic heterocycles. The van der Waals surface area contributed by atoms with E-state index in [0.717, 1.165) is 12.1 Å². The largest absolute Gasteiger partial charge is 0.319 e. The van der Waals surface area contributed by atoms with Gasteiger partial charge in [-0.3, -0.25) is 19.4 Å². The fraction of sp³-hybridized carbons (Fsp3) is 0.222. The Morgan fingerprint density at radius 1 is 1.16 bits per heavy atom. The zero-order chi connectivity index (χ0) is 17.8. The number of carbonyl (C=O) groups excluding carboxylic acids is 1. The van der Waals surface area contributed by atoms with E-state index in [1.807, 2.05) is 38.4 Å². The van der Waals surface area contributed by atoms with Gasteiger partial charge in [-0.1, -0.05) is 12.1 Å². The second kappa shape index (κ2) is 7.23. The lowest BCUT2D eigenvalue weighted by Gasteiger charge is -2.10. The van der Waals surface area contributed by atoms with Crippen LogP contribution in [-0.2, 0) is 13.6 Å². The van der Waals surface area contributed by atoms with Gasteiger partial charge < -0.3 is 10.2 Å². The van der Waals surface area contributed by atoms with Crippen LogP contribution < -0.4 is 5.32 Å². The van der Waals surface area contributed by atoms with Crippen molar-refractivity contribution in [2.24, 2.45) is 7.05 Å². The van der Waals surface area contributed by atoms with Gasteiger partial charge in [0.2, 0.25) is 0 Å². The van der Waals surface area contributed by atoms with Crippen LogP contribution in [0.5, 0.6) is 0 Å². The summed E-state index contributed by atoms with van der Waals surface area (Å²) in [5.74, 6) is -0.186. The molecule has 0 fully saturated rings. The predicted molar refractivity (Wildman–Crippen MR) is 96.0 cm³/mol. The van der Waals surface area contributed by atoms with Crippen LogP contribution in [0.1, 0.15) is 15.9 Å². The zero-order valence-corrected chi connectivity index (χ0v) is 14.5. The van der Waals surface area contributed by atoms with E-state index in [4.69, 9.17) is 0 Å². The minimum Gasteiger partial charge on any atom is -0.319 e. The molecule has 0 aliphatic rings. The highest BCUT2D eigenvalue weighted by atomic mass is 16.1. The molecular weight excluding hydrogens is 316 g/mol. The van der Waals surface area contributed by atoms with Crippen molar-refractivity contribution in [3.05, 3.63) is 60.2 Å². The molecular formula is C18H20N6O.